The van der Waals surface area contributed by atoms with Gasteiger partial charge in [-0.1, -0.05) is 18.2 Å². The van der Waals surface area contributed by atoms with Crippen LogP contribution < -0.4 is 10.5 Å². The number of ether oxygens (including phenoxy) is 1. The molecule has 2 aromatic carbocycles. The highest BCUT2D eigenvalue weighted by Gasteiger charge is 2.15. The smallest absolute Gasteiger partial charge is 0.339 e. The van der Waals surface area contributed by atoms with Gasteiger partial charge in [-0.15, -0.1) is 0 Å². The number of hydrogen-bond acceptors (Lipinski definition) is 3. The Bertz CT molecular complexity index is 659. The fraction of sp³-hybridized carbons (Fsp3) is 0.0714. The summed E-state index contributed by atoms with van der Waals surface area (Å²) in [6.45, 7) is -0.321. The number of halogens is 2. The van der Waals surface area contributed by atoms with Gasteiger partial charge in [-0.25, -0.2) is 13.6 Å². The number of carboxylic acids is 1. The minimum atomic E-state index is -1.22. The highest BCUT2D eigenvalue weighted by molar-refractivity contribution is 5.93. The van der Waals surface area contributed by atoms with Crippen LogP contribution in [0.1, 0.15) is 15.9 Å². The Morgan fingerprint density at radius 3 is 2.60 bits per heavy atom. The van der Waals surface area contributed by atoms with Crippen LogP contribution in [0.2, 0.25) is 0 Å². The van der Waals surface area contributed by atoms with E-state index in [9.17, 15) is 13.6 Å². The Kier molecular flexibility index (Phi) is 3.84. The molecule has 0 bridgehead atoms. The molecule has 0 aliphatic carbocycles. The van der Waals surface area contributed by atoms with Crippen LogP contribution >= 0.6 is 0 Å². The van der Waals surface area contributed by atoms with Gasteiger partial charge < -0.3 is 15.6 Å². The number of aromatic carboxylic acids is 1. The number of carbonyl (C=O) groups is 1. The monoisotopic (exact) mass is 279 g/mol. The number of anilines is 1. The molecular formula is C14H11F2NO3. The second-order valence-electron chi connectivity index (χ2n) is 4.03. The van der Waals surface area contributed by atoms with Gasteiger partial charge in [-0.05, 0) is 18.2 Å². The quantitative estimate of drug-likeness (QED) is 0.844. The number of nitrogens with two attached hydrogens (primary N) is 1. The SMILES string of the molecule is Nc1cccc(C(=O)O)c1OCc1cccc(F)c1F. The van der Waals surface area contributed by atoms with Crippen molar-refractivity contribution in [1.82, 2.24) is 0 Å². The zero-order valence-electron chi connectivity index (χ0n) is 10.3. The molecule has 0 aliphatic rings. The molecule has 0 heterocycles. The predicted octanol–water partition coefficient (Wildman–Crippen LogP) is 2.82. The zero-order valence-corrected chi connectivity index (χ0v) is 10.3. The van der Waals surface area contributed by atoms with Gasteiger partial charge in [0.05, 0.1) is 5.69 Å². The first-order valence-electron chi connectivity index (χ1n) is 5.68. The van der Waals surface area contributed by atoms with Crippen molar-refractivity contribution < 1.29 is 23.4 Å². The van der Waals surface area contributed by atoms with Crippen molar-refractivity contribution in [2.75, 3.05) is 5.73 Å². The number of nitrogen functional groups attached to an aromatic ring is 1. The van der Waals surface area contributed by atoms with Crippen molar-refractivity contribution in [3.63, 3.8) is 0 Å². The van der Waals surface area contributed by atoms with Crippen molar-refractivity contribution in [3.05, 3.63) is 59.2 Å². The fourth-order valence-corrected chi connectivity index (χ4v) is 1.69. The number of benzene rings is 2. The molecule has 3 N–H and O–H groups in total. The van der Waals surface area contributed by atoms with E-state index in [1.54, 1.807) is 0 Å². The van der Waals surface area contributed by atoms with E-state index < -0.39 is 17.6 Å². The van der Waals surface area contributed by atoms with Crippen molar-refractivity contribution >= 4 is 11.7 Å². The standard InChI is InChI=1S/C14H11F2NO3/c15-10-5-1-3-8(12(10)16)7-20-13-9(14(18)19)4-2-6-11(13)17/h1-6H,7,17H2,(H,18,19). The summed E-state index contributed by atoms with van der Waals surface area (Å²) < 4.78 is 31.7. The summed E-state index contributed by atoms with van der Waals surface area (Å²) in [5.74, 6) is -3.31. The summed E-state index contributed by atoms with van der Waals surface area (Å²) in [6, 6.07) is 7.91. The molecule has 0 aromatic heterocycles. The summed E-state index contributed by atoms with van der Waals surface area (Å²) >= 11 is 0. The maximum atomic E-state index is 13.5. The Morgan fingerprint density at radius 2 is 1.90 bits per heavy atom. The second-order valence-corrected chi connectivity index (χ2v) is 4.03. The topological polar surface area (TPSA) is 72.6 Å². The third kappa shape index (κ3) is 2.69. The van der Waals surface area contributed by atoms with Crippen molar-refractivity contribution in [1.29, 1.82) is 0 Å². The fourth-order valence-electron chi connectivity index (χ4n) is 1.69. The van der Waals surface area contributed by atoms with Gasteiger partial charge >= 0.3 is 5.97 Å². The van der Waals surface area contributed by atoms with E-state index in [2.05, 4.69) is 0 Å². The van der Waals surface area contributed by atoms with E-state index in [0.717, 1.165) is 6.07 Å². The van der Waals surface area contributed by atoms with E-state index in [-0.39, 0.29) is 29.2 Å². The normalized spacial score (nSPS) is 10.3. The van der Waals surface area contributed by atoms with E-state index in [0.29, 0.717) is 0 Å². The van der Waals surface area contributed by atoms with Crippen LogP contribution in [0.5, 0.6) is 5.75 Å². The molecule has 2 aromatic rings. The van der Waals surface area contributed by atoms with E-state index in [4.69, 9.17) is 15.6 Å². The molecule has 0 radical (unpaired) electrons. The third-order valence-electron chi connectivity index (χ3n) is 2.68. The maximum absolute atomic E-state index is 13.5. The van der Waals surface area contributed by atoms with Gasteiger partial charge in [0, 0.05) is 5.56 Å². The molecule has 0 unspecified atom stereocenters. The predicted molar refractivity (Wildman–Crippen MR) is 68.5 cm³/mol. The molecular weight excluding hydrogens is 268 g/mol. The lowest BCUT2D eigenvalue weighted by atomic mass is 10.1. The summed E-state index contributed by atoms with van der Waals surface area (Å²) in [5, 5.41) is 9.02. The van der Waals surface area contributed by atoms with Crippen molar-refractivity contribution in [2.45, 2.75) is 6.61 Å². The van der Waals surface area contributed by atoms with Crippen molar-refractivity contribution in [3.8, 4) is 5.75 Å². The first kappa shape index (κ1) is 13.8. The molecule has 0 aliphatic heterocycles. The largest absolute Gasteiger partial charge is 0.486 e. The zero-order chi connectivity index (χ0) is 14.7. The van der Waals surface area contributed by atoms with E-state index >= 15 is 0 Å². The minimum absolute atomic E-state index is 0.0235. The van der Waals surface area contributed by atoms with Gasteiger partial charge in [-0.3, -0.25) is 0 Å². The van der Waals surface area contributed by atoms with Crippen LogP contribution in [0.3, 0.4) is 0 Å². The summed E-state index contributed by atoms with van der Waals surface area (Å²) in [5.41, 5.74) is 5.59. The summed E-state index contributed by atoms with van der Waals surface area (Å²) in [6.07, 6.45) is 0. The second kappa shape index (κ2) is 5.56. The van der Waals surface area contributed by atoms with Crippen LogP contribution in [0.25, 0.3) is 0 Å². The van der Waals surface area contributed by atoms with Crippen LogP contribution in [0.15, 0.2) is 36.4 Å². The van der Waals surface area contributed by atoms with Crippen LogP contribution in [-0.4, -0.2) is 11.1 Å². The number of hydrogen-bond donors (Lipinski definition) is 2. The van der Waals surface area contributed by atoms with Crippen LogP contribution in [0, 0.1) is 11.6 Å². The average Bonchev–Trinajstić information content (AvgIpc) is 2.41. The Morgan fingerprint density at radius 1 is 1.20 bits per heavy atom. The molecule has 0 amide bonds. The first-order chi connectivity index (χ1) is 9.50. The molecule has 0 fully saturated rings. The highest BCUT2D eigenvalue weighted by Crippen LogP contribution is 2.27. The van der Waals surface area contributed by atoms with Gasteiger partial charge in [0.25, 0.3) is 0 Å². The maximum Gasteiger partial charge on any atom is 0.339 e. The minimum Gasteiger partial charge on any atom is -0.486 e. The molecule has 2 rings (SSSR count). The Labute approximate surface area is 113 Å². The lowest BCUT2D eigenvalue weighted by Crippen LogP contribution is -2.07. The Balaban J connectivity index is 2.27. The average molecular weight is 279 g/mol. The third-order valence-corrected chi connectivity index (χ3v) is 2.68. The van der Waals surface area contributed by atoms with E-state index in [1.165, 1.54) is 30.3 Å². The summed E-state index contributed by atoms with van der Waals surface area (Å²) in [7, 11) is 0. The van der Waals surface area contributed by atoms with Crippen LogP contribution in [0.4, 0.5) is 14.5 Å². The molecule has 0 saturated carbocycles. The summed E-state index contributed by atoms with van der Waals surface area (Å²) in [4.78, 5) is 11.0. The van der Waals surface area contributed by atoms with Gasteiger partial charge in [0.1, 0.15) is 12.2 Å². The van der Waals surface area contributed by atoms with Crippen LogP contribution in [-0.2, 0) is 6.61 Å². The molecule has 20 heavy (non-hydrogen) atoms. The molecule has 104 valence electrons. The first-order valence-corrected chi connectivity index (χ1v) is 5.68. The number of rotatable bonds is 4. The van der Waals surface area contributed by atoms with Gasteiger partial charge in [0.15, 0.2) is 17.4 Å². The number of para-hydroxylation sites is 1. The highest BCUT2D eigenvalue weighted by atomic mass is 19.2. The van der Waals surface area contributed by atoms with Crippen molar-refractivity contribution in [2.24, 2.45) is 0 Å². The molecule has 0 spiro atoms. The molecule has 0 atom stereocenters. The Hall–Kier alpha value is -2.63. The lowest BCUT2D eigenvalue weighted by Gasteiger charge is -2.12. The number of carboxylic acid groups (broad SMARTS) is 1. The van der Waals surface area contributed by atoms with E-state index in [1.807, 2.05) is 0 Å². The van der Waals surface area contributed by atoms with Gasteiger partial charge in [-0.2, -0.15) is 0 Å². The lowest BCUT2D eigenvalue weighted by molar-refractivity contribution is 0.0692. The molecule has 6 heteroatoms. The molecule has 0 saturated heterocycles. The van der Waals surface area contributed by atoms with Gasteiger partial charge in [0.2, 0.25) is 0 Å². The molecule has 4 nitrogen and oxygen atoms in total.